The van der Waals surface area contributed by atoms with Gasteiger partial charge in [-0.25, -0.2) is 0 Å². The SMILES string of the molecule is CC(=O)O.CNCC(=O)O.[H-].[H-].[Na+].[Na+]. The van der Waals surface area contributed by atoms with Crippen molar-refractivity contribution in [3.05, 3.63) is 0 Å². The van der Waals surface area contributed by atoms with E-state index >= 15 is 0 Å². The van der Waals surface area contributed by atoms with Crippen LogP contribution in [0.15, 0.2) is 0 Å². The van der Waals surface area contributed by atoms with Gasteiger partial charge in [-0.1, -0.05) is 0 Å². The average Bonchev–Trinajstić information content (AvgIpc) is 1.62. The van der Waals surface area contributed by atoms with Gasteiger partial charge in [-0.05, 0) is 7.05 Å². The summed E-state index contributed by atoms with van der Waals surface area (Å²) in [4.78, 5) is 18.5. The number of rotatable bonds is 2. The summed E-state index contributed by atoms with van der Waals surface area (Å²) in [6, 6.07) is 0. The van der Waals surface area contributed by atoms with Crippen LogP contribution in [0.5, 0.6) is 0 Å². The first kappa shape index (κ1) is 23.1. The third-order valence-electron chi connectivity index (χ3n) is 0.328. The number of carbonyl (C=O) groups is 2. The third-order valence-corrected chi connectivity index (χ3v) is 0.328. The average molecular weight is 197 g/mol. The van der Waals surface area contributed by atoms with Gasteiger partial charge in [-0.15, -0.1) is 0 Å². The van der Waals surface area contributed by atoms with Crippen molar-refractivity contribution in [2.75, 3.05) is 13.6 Å². The normalized spacial score (nSPS) is 6.17. The van der Waals surface area contributed by atoms with Crippen LogP contribution in [-0.2, 0) is 9.59 Å². The molecule has 0 saturated carbocycles. The fourth-order valence-electron chi connectivity index (χ4n) is 0.151. The minimum Gasteiger partial charge on any atom is -1.00 e. The van der Waals surface area contributed by atoms with Crippen molar-refractivity contribution < 1.29 is 81.8 Å². The largest absolute Gasteiger partial charge is 1.00 e. The van der Waals surface area contributed by atoms with E-state index in [0.29, 0.717) is 0 Å². The van der Waals surface area contributed by atoms with Crippen LogP contribution in [-0.4, -0.2) is 35.7 Å². The van der Waals surface area contributed by atoms with E-state index < -0.39 is 11.9 Å². The summed E-state index contributed by atoms with van der Waals surface area (Å²) in [6.07, 6.45) is 0. The molecule has 0 aliphatic heterocycles. The molecule has 5 nitrogen and oxygen atoms in total. The first-order valence-corrected chi connectivity index (χ1v) is 2.56. The summed E-state index contributed by atoms with van der Waals surface area (Å²) in [5, 5.41) is 17.7. The van der Waals surface area contributed by atoms with Crippen LogP contribution in [0.25, 0.3) is 0 Å². The Labute approximate surface area is 118 Å². The summed E-state index contributed by atoms with van der Waals surface area (Å²) in [7, 11) is 1.59. The molecule has 0 aromatic rings. The zero-order valence-corrected chi connectivity index (χ0v) is 11.9. The number of nitrogens with one attached hydrogen (secondary N) is 1. The molecule has 0 aliphatic rings. The number of likely N-dealkylation sites (N-methyl/N-ethyl adjacent to an activating group) is 1. The molecule has 0 spiro atoms. The van der Waals surface area contributed by atoms with Gasteiger partial charge in [0, 0.05) is 6.92 Å². The summed E-state index contributed by atoms with van der Waals surface area (Å²) in [5.74, 6) is -1.66. The van der Waals surface area contributed by atoms with Crippen molar-refractivity contribution in [1.29, 1.82) is 0 Å². The van der Waals surface area contributed by atoms with E-state index in [0.717, 1.165) is 6.92 Å². The fraction of sp³-hybridized carbons (Fsp3) is 0.600. The molecule has 0 aromatic carbocycles. The molecule has 0 aliphatic carbocycles. The monoisotopic (exact) mass is 197 g/mol. The topological polar surface area (TPSA) is 86.6 Å². The molecule has 0 aromatic heterocycles. The maximum atomic E-state index is 9.54. The van der Waals surface area contributed by atoms with E-state index in [2.05, 4.69) is 5.32 Å². The van der Waals surface area contributed by atoms with Crippen LogP contribution in [0.1, 0.15) is 9.78 Å². The Morgan fingerprint density at radius 1 is 1.33 bits per heavy atom. The van der Waals surface area contributed by atoms with Crippen molar-refractivity contribution in [2.24, 2.45) is 0 Å². The van der Waals surface area contributed by atoms with Crippen LogP contribution < -0.4 is 64.4 Å². The second kappa shape index (κ2) is 17.8. The van der Waals surface area contributed by atoms with Gasteiger partial charge in [0.05, 0.1) is 6.54 Å². The summed E-state index contributed by atoms with van der Waals surface area (Å²) in [5.41, 5.74) is 0. The van der Waals surface area contributed by atoms with Gasteiger partial charge in [0.15, 0.2) is 0 Å². The van der Waals surface area contributed by atoms with E-state index in [1.807, 2.05) is 0 Å². The molecule has 0 rings (SSSR count). The molecular formula is C5H13NNa2O4. The fourth-order valence-corrected chi connectivity index (χ4v) is 0.151. The summed E-state index contributed by atoms with van der Waals surface area (Å²) >= 11 is 0. The van der Waals surface area contributed by atoms with E-state index in [-0.39, 0.29) is 68.5 Å². The Bertz CT molecular complexity index is 124. The molecule has 0 saturated heterocycles. The Balaban J connectivity index is -0.0000000185. The first-order valence-electron chi connectivity index (χ1n) is 2.56. The predicted molar refractivity (Wildman–Crippen MR) is 37.1 cm³/mol. The standard InChI is InChI=1S/C3H7NO2.C2H4O2.2Na.2H/c1-4-2-3(5)6;1-2(3)4;;;;/h4H,2H2,1H3,(H,5,6);1H3,(H,3,4);;;;/q;;2*+1;2*-1. The molecule has 0 radical (unpaired) electrons. The van der Waals surface area contributed by atoms with Crippen LogP contribution >= 0.6 is 0 Å². The van der Waals surface area contributed by atoms with Crippen molar-refractivity contribution in [3.8, 4) is 0 Å². The molecule has 0 amide bonds. The summed E-state index contributed by atoms with van der Waals surface area (Å²) < 4.78 is 0. The molecule has 12 heavy (non-hydrogen) atoms. The van der Waals surface area contributed by atoms with Crippen LogP contribution in [0, 0.1) is 0 Å². The maximum absolute atomic E-state index is 9.54. The Kier molecular flexibility index (Phi) is 34.3. The van der Waals surface area contributed by atoms with Gasteiger partial charge in [0.25, 0.3) is 5.97 Å². The van der Waals surface area contributed by atoms with Gasteiger partial charge < -0.3 is 18.4 Å². The Hall–Kier alpha value is 0.900. The molecule has 0 atom stereocenters. The van der Waals surface area contributed by atoms with E-state index in [4.69, 9.17) is 15.0 Å². The van der Waals surface area contributed by atoms with Gasteiger partial charge >= 0.3 is 65.1 Å². The second-order valence-corrected chi connectivity index (χ2v) is 1.44. The molecule has 0 bridgehead atoms. The van der Waals surface area contributed by atoms with E-state index in [9.17, 15) is 4.79 Å². The first-order chi connectivity index (χ1) is 4.50. The van der Waals surface area contributed by atoms with Crippen molar-refractivity contribution in [3.63, 3.8) is 0 Å². The van der Waals surface area contributed by atoms with Crippen LogP contribution in [0.4, 0.5) is 0 Å². The number of hydrogen-bond acceptors (Lipinski definition) is 3. The molecule has 0 heterocycles. The number of carboxylic acid groups (broad SMARTS) is 2. The van der Waals surface area contributed by atoms with Gasteiger partial charge in [0.1, 0.15) is 0 Å². The van der Waals surface area contributed by atoms with E-state index in [1.54, 1.807) is 7.05 Å². The molecule has 0 fully saturated rings. The summed E-state index contributed by atoms with van der Waals surface area (Å²) in [6.45, 7) is 1.12. The smallest absolute Gasteiger partial charge is 1.00 e. The number of aliphatic carboxylic acids is 2. The molecule has 7 heteroatoms. The van der Waals surface area contributed by atoms with Crippen LogP contribution in [0.3, 0.4) is 0 Å². The quantitative estimate of drug-likeness (QED) is 0.383. The Morgan fingerprint density at radius 3 is 1.58 bits per heavy atom. The number of hydrogen-bond donors (Lipinski definition) is 3. The minimum atomic E-state index is -0.833. The maximum Gasteiger partial charge on any atom is 1.00 e. The van der Waals surface area contributed by atoms with Crippen LogP contribution in [0.2, 0.25) is 0 Å². The zero-order chi connectivity index (χ0) is 8.57. The molecular weight excluding hydrogens is 184 g/mol. The van der Waals surface area contributed by atoms with Gasteiger partial charge in [-0.3, -0.25) is 9.59 Å². The van der Waals surface area contributed by atoms with Crippen molar-refractivity contribution in [1.82, 2.24) is 5.32 Å². The molecule has 3 N–H and O–H groups in total. The minimum absolute atomic E-state index is 0. The zero-order valence-electron chi connectivity index (χ0n) is 9.92. The van der Waals surface area contributed by atoms with Crippen molar-refractivity contribution >= 4 is 11.9 Å². The number of carboxylic acids is 2. The second-order valence-electron chi connectivity index (χ2n) is 1.44. The third kappa shape index (κ3) is 70.2. The van der Waals surface area contributed by atoms with Gasteiger partial charge in [0.2, 0.25) is 0 Å². The van der Waals surface area contributed by atoms with E-state index in [1.165, 1.54) is 0 Å². The predicted octanol–water partition coefficient (Wildman–Crippen LogP) is -6.39. The Morgan fingerprint density at radius 2 is 1.58 bits per heavy atom. The van der Waals surface area contributed by atoms with Crippen molar-refractivity contribution in [2.45, 2.75) is 6.92 Å². The molecule has 64 valence electrons. The molecule has 0 unspecified atom stereocenters. The van der Waals surface area contributed by atoms with Gasteiger partial charge in [-0.2, -0.15) is 0 Å².